The lowest BCUT2D eigenvalue weighted by Gasteiger charge is -2.32. The molecule has 3 aromatic rings. The molecular formula is C32H32ClF2N3O4. The molecule has 0 aliphatic carbocycles. The van der Waals surface area contributed by atoms with Crippen molar-refractivity contribution in [2.24, 2.45) is 0 Å². The summed E-state index contributed by atoms with van der Waals surface area (Å²) >= 11 is 0. The van der Waals surface area contributed by atoms with Gasteiger partial charge in [-0.15, -0.1) is 12.4 Å². The van der Waals surface area contributed by atoms with Crippen molar-refractivity contribution in [1.82, 2.24) is 15.1 Å². The predicted molar refractivity (Wildman–Crippen MR) is 154 cm³/mol. The van der Waals surface area contributed by atoms with Gasteiger partial charge < -0.3 is 9.64 Å². The molecule has 7 nitrogen and oxygen atoms in total. The molecule has 3 aliphatic heterocycles. The van der Waals surface area contributed by atoms with Crippen molar-refractivity contribution in [2.45, 2.75) is 57.3 Å². The first-order valence-corrected chi connectivity index (χ1v) is 14.0. The molecule has 0 bridgehead atoms. The Labute approximate surface area is 249 Å². The topological polar surface area (TPSA) is 79.0 Å². The molecule has 0 radical (unpaired) electrons. The average Bonchev–Trinajstić information content (AvgIpc) is 3.30. The summed E-state index contributed by atoms with van der Waals surface area (Å²) in [5, 5.41) is 2.33. The SMILES string of the molecule is Cl.O=C1CCC(N2Cc3c(OCc4ccc(CN5CCC(c6ccc(F)cc6F)CC5)cc4)cccc3C2=O)C(=O)N1. The number of carbonyl (C=O) groups excluding carboxylic acids is 3. The van der Waals surface area contributed by atoms with Gasteiger partial charge in [-0.1, -0.05) is 36.4 Å². The number of rotatable bonds is 7. The van der Waals surface area contributed by atoms with Crippen LogP contribution < -0.4 is 10.1 Å². The van der Waals surface area contributed by atoms with Crippen molar-refractivity contribution in [3.8, 4) is 5.75 Å². The third kappa shape index (κ3) is 6.17. The second-order valence-corrected chi connectivity index (χ2v) is 11.0. The first kappa shape index (κ1) is 29.7. The normalized spacial score (nSPS) is 19.3. The van der Waals surface area contributed by atoms with E-state index >= 15 is 0 Å². The van der Waals surface area contributed by atoms with E-state index in [4.69, 9.17) is 4.74 Å². The van der Waals surface area contributed by atoms with E-state index in [-0.39, 0.29) is 43.1 Å². The number of amides is 3. The minimum Gasteiger partial charge on any atom is -0.489 e. The van der Waals surface area contributed by atoms with Crippen LogP contribution in [0.1, 0.15) is 64.2 Å². The molecule has 2 saturated heterocycles. The van der Waals surface area contributed by atoms with Gasteiger partial charge in [0.25, 0.3) is 5.91 Å². The minimum atomic E-state index is -0.664. The Hall–Kier alpha value is -3.82. The molecule has 0 saturated carbocycles. The van der Waals surface area contributed by atoms with Crippen LogP contribution >= 0.6 is 12.4 Å². The molecule has 220 valence electrons. The number of likely N-dealkylation sites (tertiary alicyclic amines) is 1. The number of hydrogen-bond acceptors (Lipinski definition) is 5. The van der Waals surface area contributed by atoms with Crippen molar-refractivity contribution in [1.29, 1.82) is 0 Å². The highest BCUT2D eigenvalue weighted by atomic mass is 35.5. The lowest BCUT2D eigenvalue weighted by molar-refractivity contribution is -0.136. The fraction of sp³-hybridized carbons (Fsp3) is 0.344. The van der Waals surface area contributed by atoms with Crippen LogP contribution in [0.3, 0.4) is 0 Å². The monoisotopic (exact) mass is 595 g/mol. The summed E-state index contributed by atoms with van der Waals surface area (Å²) in [5.74, 6) is -1.26. The highest BCUT2D eigenvalue weighted by Crippen LogP contribution is 2.34. The van der Waals surface area contributed by atoms with Gasteiger partial charge in [0.2, 0.25) is 11.8 Å². The lowest BCUT2D eigenvalue weighted by atomic mass is 9.89. The highest BCUT2D eigenvalue weighted by molar-refractivity contribution is 6.05. The van der Waals surface area contributed by atoms with Gasteiger partial charge in [-0.2, -0.15) is 0 Å². The zero-order valence-corrected chi connectivity index (χ0v) is 23.8. The molecule has 2 fully saturated rings. The number of nitrogens with zero attached hydrogens (tertiary/aromatic N) is 2. The maximum Gasteiger partial charge on any atom is 0.255 e. The fourth-order valence-corrected chi connectivity index (χ4v) is 6.09. The quantitative estimate of drug-likeness (QED) is 0.384. The lowest BCUT2D eigenvalue weighted by Crippen LogP contribution is -2.52. The molecule has 0 spiro atoms. The first-order chi connectivity index (χ1) is 19.9. The summed E-state index contributed by atoms with van der Waals surface area (Å²) < 4.78 is 33.6. The number of ether oxygens (including phenoxy) is 1. The number of nitrogens with one attached hydrogen (secondary N) is 1. The van der Waals surface area contributed by atoms with Gasteiger partial charge >= 0.3 is 0 Å². The van der Waals surface area contributed by atoms with Gasteiger partial charge in [-0.25, -0.2) is 8.78 Å². The standard InChI is InChI=1S/C32H31F2N3O4.ClH/c33-23-8-9-24(27(34)16-23)22-12-14-36(15-13-22)17-20-4-6-21(7-5-20)19-41-29-3-1-2-25-26(29)18-37(32(25)40)28-10-11-30(38)35-31(28)39;/h1-9,16,22,28H,10-15,17-19H2,(H,35,38,39);1H. The van der Waals surface area contributed by atoms with Gasteiger partial charge in [0.05, 0.1) is 6.54 Å². The summed E-state index contributed by atoms with van der Waals surface area (Å²) in [6.07, 6.45) is 2.20. The second-order valence-electron chi connectivity index (χ2n) is 11.0. The smallest absolute Gasteiger partial charge is 0.255 e. The van der Waals surface area contributed by atoms with E-state index in [0.717, 1.165) is 49.7 Å². The molecule has 1 atom stereocenters. The third-order valence-corrected chi connectivity index (χ3v) is 8.35. The highest BCUT2D eigenvalue weighted by Gasteiger charge is 2.40. The van der Waals surface area contributed by atoms with E-state index in [1.807, 2.05) is 18.2 Å². The first-order valence-electron chi connectivity index (χ1n) is 14.0. The zero-order valence-electron chi connectivity index (χ0n) is 23.0. The van der Waals surface area contributed by atoms with E-state index < -0.39 is 23.6 Å². The van der Waals surface area contributed by atoms with E-state index in [2.05, 4.69) is 22.3 Å². The molecule has 6 rings (SSSR count). The number of fused-ring (bicyclic) bond motifs is 1. The number of hydrogen-bond donors (Lipinski definition) is 1. The van der Waals surface area contributed by atoms with E-state index in [1.165, 1.54) is 16.5 Å². The molecule has 3 aromatic carbocycles. The summed E-state index contributed by atoms with van der Waals surface area (Å²) in [6, 6.07) is 16.8. The summed E-state index contributed by atoms with van der Waals surface area (Å²) in [7, 11) is 0. The molecule has 3 amide bonds. The van der Waals surface area contributed by atoms with Crippen molar-refractivity contribution in [3.05, 3.63) is 100 Å². The van der Waals surface area contributed by atoms with E-state index in [9.17, 15) is 23.2 Å². The minimum absolute atomic E-state index is 0. The van der Waals surface area contributed by atoms with Crippen molar-refractivity contribution in [2.75, 3.05) is 13.1 Å². The van der Waals surface area contributed by atoms with Crippen LogP contribution in [0.2, 0.25) is 0 Å². The summed E-state index contributed by atoms with van der Waals surface area (Å²) in [5.41, 5.74) is 4.04. The summed E-state index contributed by atoms with van der Waals surface area (Å²) in [4.78, 5) is 40.8. The van der Waals surface area contributed by atoms with Gasteiger partial charge in [0.1, 0.15) is 30.0 Å². The second kappa shape index (κ2) is 12.6. The van der Waals surface area contributed by atoms with Crippen molar-refractivity contribution < 1.29 is 27.9 Å². The van der Waals surface area contributed by atoms with Crippen LogP contribution in [0.5, 0.6) is 5.75 Å². The van der Waals surface area contributed by atoms with Crippen molar-refractivity contribution in [3.63, 3.8) is 0 Å². The maximum absolute atomic E-state index is 14.2. The molecule has 3 aliphatic rings. The van der Waals surface area contributed by atoms with Crippen LogP contribution in [-0.4, -0.2) is 46.7 Å². The van der Waals surface area contributed by atoms with Gasteiger partial charge in [-0.05, 0) is 73.2 Å². The fourth-order valence-electron chi connectivity index (χ4n) is 6.09. The largest absolute Gasteiger partial charge is 0.489 e. The Morgan fingerprint density at radius 1 is 0.905 bits per heavy atom. The number of piperidine rings is 2. The Morgan fingerprint density at radius 3 is 2.36 bits per heavy atom. The number of halogens is 3. The van der Waals surface area contributed by atoms with Crippen molar-refractivity contribution >= 4 is 30.1 Å². The molecule has 42 heavy (non-hydrogen) atoms. The average molecular weight is 596 g/mol. The molecule has 0 aromatic heterocycles. The number of carbonyl (C=O) groups is 3. The number of benzene rings is 3. The Bertz CT molecular complexity index is 1490. The van der Waals surface area contributed by atoms with Gasteiger partial charge in [0, 0.05) is 30.2 Å². The van der Waals surface area contributed by atoms with Gasteiger partial charge in [0.15, 0.2) is 0 Å². The Balaban J connectivity index is 0.00000353. The third-order valence-electron chi connectivity index (χ3n) is 8.35. The van der Waals surface area contributed by atoms with Crippen LogP contribution in [-0.2, 0) is 29.3 Å². The predicted octanol–water partition coefficient (Wildman–Crippen LogP) is 5.11. The van der Waals surface area contributed by atoms with Gasteiger partial charge in [-0.3, -0.25) is 24.6 Å². The Kier molecular flexibility index (Phi) is 8.89. The van der Waals surface area contributed by atoms with E-state index in [1.54, 1.807) is 18.2 Å². The van der Waals surface area contributed by atoms with Crippen LogP contribution in [0.25, 0.3) is 0 Å². The zero-order chi connectivity index (χ0) is 28.5. The van der Waals surface area contributed by atoms with E-state index in [0.29, 0.717) is 29.9 Å². The molecular weight excluding hydrogens is 564 g/mol. The summed E-state index contributed by atoms with van der Waals surface area (Å²) in [6.45, 7) is 3.09. The molecule has 1 N–H and O–H groups in total. The molecule has 1 unspecified atom stereocenters. The molecule has 10 heteroatoms. The van der Waals surface area contributed by atoms with Crippen LogP contribution in [0.4, 0.5) is 8.78 Å². The maximum atomic E-state index is 14.2. The Morgan fingerprint density at radius 2 is 1.64 bits per heavy atom. The molecule has 3 heterocycles. The number of imide groups is 1. The van der Waals surface area contributed by atoms with Crippen LogP contribution in [0, 0.1) is 11.6 Å². The van der Waals surface area contributed by atoms with Crippen LogP contribution in [0.15, 0.2) is 60.7 Å².